The largest absolute Gasteiger partial charge is 0.319 e. The van der Waals surface area contributed by atoms with E-state index in [0.717, 1.165) is 6.54 Å². The minimum Gasteiger partial charge on any atom is -0.319 e. The number of hydrogen-bond donors (Lipinski definition) is 1. The lowest BCUT2D eigenvalue weighted by Crippen LogP contribution is -2.19. The van der Waals surface area contributed by atoms with Crippen molar-refractivity contribution in [1.29, 1.82) is 0 Å². The van der Waals surface area contributed by atoms with Crippen molar-refractivity contribution in [2.45, 2.75) is 12.3 Å². The van der Waals surface area contributed by atoms with E-state index in [1.54, 1.807) is 0 Å². The molecule has 72 valence electrons. The van der Waals surface area contributed by atoms with E-state index in [-0.39, 0.29) is 5.38 Å². The molecular weight excluding hydrogens is 182 g/mol. The molecule has 0 radical (unpaired) electrons. The monoisotopic (exact) mass is 197 g/mol. The molecule has 2 atom stereocenters. The summed E-state index contributed by atoms with van der Waals surface area (Å²) in [7, 11) is 1.95. The smallest absolute Gasteiger partial charge is 0.0622 e. The zero-order valence-electron chi connectivity index (χ0n) is 8.13. The van der Waals surface area contributed by atoms with Gasteiger partial charge < -0.3 is 5.32 Å². The third-order valence-corrected chi connectivity index (χ3v) is 2.83. The second kappa shape index (κ2) is 5.25. The molecule has 1 nitrogen and oxygen atoms in total. The molecule has 1 N–H and O–H groups in total. The van der Waals surface area contributed by atoms with Crippen LogP contribution in [0.2, 0.25) is 0 Å². The van der Waals surface area contributed by atoms with Gasteiger partial charge in [0.15, 0.2) is 0 Å². The lowest BCUT2D eigenvalue weighted by Gasteiger charge is -2.17. The van der Waals surface area contributed by atoms with Crippen LogP contribution in [0.5, 0.6) is 0 Å². The van der Waals surface area contributed by atoms with Gasteiger partial charge in [-0.2, -0.15) is 0 Å². The number of hydrogen-bond acceptors (Lipinski definition) is 1. The van der Waals surface area contributed by atoms with Gasteiger partial charge in [-0.25, -0.2) is 0 Å². The van der Waals surface area contributed by atoms with Gasteiger partial charge in [-0.1, -0.05) is 37.3 Å². The molecule has 1 rings (SSSR count). The summed E-state index contributed by atoms with van der Waals surface area (Å²) in [6.07, 6.45) is 0. The van der Waals surface area contributed by atoms with Crippen molar-refractivity contribution in [2.24, 2.45) is 5.92 Å². The predicted molar refractivity (Wildman–Crippen MR) is 58.1 cm³/mol. The first-order valence-corrected chi connectivity index (χ1v) is 5.03. The van der Waals surface area contributed by atoms with Gasteiger partial charge in [0.05, 0.1) is 5.38 Å². The first-order chi connectivity index (χ1) is 6.25. The van der Waals surface area contributed by atoms with Crippen molar-refractivity contribution >= 4 is 11.6 Å². The predicted octanol–water partition coefficient (Wildman–Crippen LogP) is 2.82. The number of halogens is 1. The third kappa shape index (κ3) is 3.02. The Labute approximate surface area is 85.1 Å². The highest BCUT2D eigenvalue weighted by atomic mass is 35.5. The van der Waals surface area contributed by atoms with Crippen molar-refractivity contribution in [3.05, 3.63) is 35.9 Å². The van der Waals surface area contributed by atoms with Gasteiger partial charge in [-0.3, -0.25) is 0 Å². The number of nitrogens with one attached hydrogen (secondary N) is 1. The van der Waals surface area contributed by atoms with Crippen LogP contribution in [0.1, 0.15) is 17.9 Å². The molecule has 0 unspecified atom stereocenters. The maximum absolute atomic E-state index is 6.30. The Balaban J connectivity index is 2.62. The van der Waals surface area contributed by atoms with Gasteiger partial charge in [0.2, 0.25) is 0 Å². The summed E-state index contributed by atoms with van der Waals surface area (Å²) in [6.45, 7) is 3.10. The molecule has 0 saturated carbocycles. The van der Waals surface area contributed by atoms with Gasteiger partial charge in [0.25, 0.3) is 0 Å². The summed E-state index contributed by atoms with van der Waals surface area (Å²) in [5, 5.41) is 3.24. The third-order valence-electron chi connectivity index (χ3n) is 2.14. The zero-order chi connectivity index (χ0) is 9.68. The van der Waals surface area contributed by atoms with Gasteiger partial charge >= 0.3 is 0 Å². The van der Waals surface area contributed by atoms with Gasteiger partial charge in [-0.05, 0) is 25.1 Å². The van der Waals surface area contributed by atoms with E-state index >= 15 is 0 Å². The fourth-order valence-corrected chi connectivity index (χ4v) is 1.63. The van der Waals surface area contributed by atoms with E-state index < -0.39 is 0 Å². The lowest BCUT2D eigenvalue weighted by molar-refractivity contribution is 0.527. The molecule has 0 aliphatic carbocycles. The van der Waals surface area contributed by atoms with E-state index in [4.69, 9.17) is 11.6 Å². The maximum Gasteiger partial charge on any atom is 0.0622 e. The molecule has 0 fully saturated rings. The van der Waals surface area contributed by atoms with Crippen LogP contribution >= 0.6 is 11.6 Å². The number of alkyl halides is 1. The van der Waals surface area contributed by atoms with Crippen LogP contribution < -0.4 is 5.32 Å². The Morgan fingerprint density at radius 3 is 2.46 bits per heavy atom. The Morgan fingerprint density at radius 1 is 1.31 bits per heavy atom. The van der Waals surface area contributed by atoms with Gasteiger partial charge in [0.1, 0.15) is 0 Å². The highest BCUT2D eigenvalue weighted by molar-refractivity contribution is 6.21. The van der Waals surface area contributed by atoms with E-state index in [1.807, 2.05) is 25.2 Å². The number of benzene rings is 1. The molecule has 2 heteroatoms. The SMILES string of the molecule is CNC[C@@H](C)[C@H](Cl)c1ccccc1. The van der Waals surface area contributed by atoms with E-state index in [2.05, 4.69) is 24.4 Å². The Kier molecular flexibility index (Phi) is 4.26. The first kappa shape index (κ1) is 10.6. The first-order valence-electron chi connectivity index (χ1n) is 4.59. The molecule has 0 bridgehead atoms. The lowest BCUT2D eigenvalue weighted by atomic mass is 10.0. The summed E-state index contributed by atoms with van der Waals surface area (Å²) in [6, 6.07) is 10.2. The van der Waals surface area contributed by atoms with Crippen molar-refractivity contribution in [3.8, 4) is 0 Å². The van der Waals surface area contributed by atoms with Crippen molar-refractivity contribution < 1.29 is 0 Å². The molecule has 0 saturated heterocycles. The highest BCUT2D eigenvalue weighted by Gasteiger charge is 2.14. The maximum atomic E-state index is 6.30. The van der Waals surface area contributed by atoms with Crippen LogP contribution in [0, 0.1) is 5.92 Å². The van der Waals surface area contributed by atoms with Gasteiger partial charge in [0, 0.05) is 0 Å². The summed E-state index contributed by atoms with van der Waals surface area (Å²) in [4.78, 5) is 0. The molecule has 13 heavy (non-hydrogen) atoms. The Bertz CT molecular complexity index is 235. The molecule has 0 heterocycles. The van der Waals surface area contributed by atoms with Crippen LogP contribution in [0.3, 0.4) is 0 Å². The Hall–Kier alpha value is -0.530. The molecule has 0 spiro atoms. The number of rotatable bonds is 4. The van der Waals surface area contributed by atoms with Crippen LogP contribution in [0.4, 0.5) is 0 Å². The van der Waals surface area contributed by atoms with Crippen molar-refractivity contribution in [2.75, 3.05) is 13.6 Å². The molecule has 0 aliphatic heterocycles. The zero-order valence-corrected chi connectivity index (χ0v) is 8.88. The average Bonchev–Trinajstić information content (AvgIpc) is 2.18. The summed E-state index contributed by atoms with van der Waals surface area (Å²) in [5.41, 5.74) is 1.20. The second-order valence-electron chi connectivity index (χ2n) is 3.35. The Morgan fingerprint density at radius 2 is 1.92 bits per heavy atom. The standard InChI is InChI=1S/C11H16ClN/c1-9(8-13-2)11(12)10-6-4-3-5-7-10/h3-7,9,11,13H,8H2,1-2H3/t9-,11+/m1/s1. The van der Waals surface area contributed by atoms with Crippen LogP contribution in [-0.2, 0) is 0 Å². The molecule has 0 aromatic heterocycles. The molecule has 1 aromatic carbocycles. The second-order valence-corrected chi connectivity index (χ2v) is 3.82. The summed E-state index contributed by atoms with van der Waals surface area (Å²) < 4.78 is 0. The quantitative estimate of drug-likeness (QED) is 0.733. The molecule has 0 amide bonds. The average molecular weight is 198 g/mol. The molecule has 1 aromatic rings. The fourth-order valence-electron chi connectivity index (χ4n) is 1.39. The van der Waals surface area contributed by atoms with Crippen LogP contribution in [-0.4, -0.2) is 13.6 Å². The molecule has 0 aliphatic rings. The van der Waals surface area contributed by atoms with Crippen molar-refractivity contribution in [1.82, 2.24) is 5.32 Å². The highest BCUT2D eigenvalue weighted by Crippen LogP contribution is 2.27. The normalized spacial score (nSPS) is 15.3. The summed E-state index contributed by atoms with van der Waals surface area (Å²) >= 11 is 6.30. The van der Waals surface area contributed by atoms with E-state index in [1.165, 1.54) is 5.56 Å². The van der Waals surface area contributed by atoms with Crippen molar-refractivity contribution in [3.63, 3.8) is 0 Å². The topological polar surface area (TPSA) is 12.0 Å². The fraction of sp³-hybridized carbons (Fsp3) is 0.455. The minimum atomic E-state index is 0.105. The molecular formula is C11H16ClN. The van der Waals surface area contributed by atoms with Crippen LogP contribution in [0.15, 0.2) is 30.3 Å². The van der Waals surface area contributed by atoms with Gasteiger partial charge in [-0.15, -0.1) is 11.6 Å². The minimum absolute atomic E-state index is 0.105. The summed E-state index contributed by atoms with van der Waals surface area (Å²) in [5.74, 6) is 0.453. The van der Waals surface area contributed by atoms with E-state index in [9.17, 15) is 0 Å². The van der Waals surface area contributed by atoms with E-state index in [0.29, 0.717) is 5.92 Å². The van der Waals surface area contributed by atoms with Crippen LogP contribution in [0.25, 0.3) is 0 Å².